The zero-order valence-corrected chi connectivity index (χ0v) is 20.1. The number of nitrogens with zero attached hydrogens (tertiary/aromatic N) is 1. The molecule has 1 saturated carbocycles. The maximum absolute atomic E-state index is 12.6. The van der Waals surface area contributed by atoms with Gasteiger partial charge in [0.25, 0.3) is 0 Å². The number of benzene rings is 3. The molecule has 6 rings (SSSR count). The van der Waals surface area contributed by atoms with Crippen molar-refractivity contribution in [2.24, 2.45) is 5.92 Å². The molecule has 1 aliphatic carbocycles. The quantitative estimate of drug-likeness (QED) is 0.270. The van der Waals surface area contributed by atoms with E-state index >= 15 is 0 Å². The Balaban J connectivity index is 1.61. The molecule has 4 heteroatoms. The van der Waals surface area contributed by atoms with E-state index in [-0.39, 0.29) is 12.4 Å². The number of fused-ring (bicyclic) bond motifs is 1. The first kappa shape index (κ1) is 21.7. The van der Waals surface area contributed by atoms with Gasteiger partial charge in [-0.15, -0.1) is 0 Å². The number of aromatic nitrogens is 1. The molecule has 1 aliphatic heterocycles. The molecular formula is C31H27NO3. The van der Waals surface area contributed by atoms with Crippen LogP contribution < -0.4 is 4.74 Å². The molecule has 0 unspecified atom stereocenters. The van der Waals surface area contributed by atoms with Crippen molar-refractivity contribution in [2.45, 2.75) is 39.5 Å². The van der Waals surface area contributed by atoms with Crippen LogP contribution in [-0.2, 0) is 22.4 Å². The topological polar surface area (TPSA) is 48.4 Å². The lowest BCUT2D eigenvalue weighted by Gasteiger charge is -2.22. The van der Waals surface area contributed by atoms with Crippen molar-refractivity contribution in [3.8, 4) is 28.7 Å². The molecule has 0 atom stereocenters. The monoisotopic (exact) mass is 461 g/mol. The third-order valence-electron chi connectivity index (χ3n) is 6.93. The summed E-state index contributed by atoms with van der Waals surface area (Å²) in [5.41, 5.74) is 7.28. The summed E-state index contributed by atoms with van der Waals surface area (Å²) in [4.78, 5) is 17.5. The second kappa shape index (κ2) is 8.74. The fraction of sp³-hybridized carbons (Fsp3) is 0.290. The minimum absolute atomic E-state index is 0.216. The summed E-state index contributed by atoms with van der Waals surface area (Å²) in [5.74, 6) is 7.92. The number of aryl methyl sites for hydroxylation is 1. The number of carbonyl (C=O) groups is 1. The van der Waals surface area contributed by atoms with Gasteiger partial charge in [0.2, 0.25) is 0 Å². The highest BCUT2D eigenvalue weighted by Crippen LogP contribution is 2.42. The molecule has 0 amide bonds. The minimum atomic E-state index is -0.220. The van der Waals surface area contributed by atoms with Gasteiger partial charge in [0.05, 0.1) is 25.2 Å². The highest BCUT2D eigenvalue weighted by atomic mass is 16.5. The van der Waals surface area contributed by atoms with Crippen LogP contribution in [0.1, 0.15) is 42.0 Å². The van der Waals surface area contributed by atoms with Gasteiger partial charge in [-0.2, -0.15) is 0 Å². The lowest BCUT2D eigenvalue weighted by atomic mass is 9.86. The normalized spacial score (nSPS) is 14.3. The number of pyridine rings is 1. The van der Waals surface area contributed by atoms with Crippen LogP contribution in [0.25, 0.3) is 32.8 Å². The van der Waals surface area contributed by atoms with E-state index in [1.165, 1.54) is 18.4 Å². The second-order valence-corrected chi connectivity index (χ2v) is 9.41. The van der Waals surface area contributed by atoms with Gasteiger partial charge in [-0.1, -0.05) is 24.0 Å². The molecule has 0 radical (unpaired) electrons. The number of ether oxygens (including phenoxy) is 2. The SMILES string of the molecule is CCOC(=O)Cc1c(C)cc2cc(C#CC3CC3)ccc2c1-c1ccc2c3c(ccnc13)CCO2. The van der Waals surface area contributed by atoms with E-state index in [0.29, 0.717) is 19.1 Å². The maximum atomic E-state index is 12.6. The Morgan fingerprint density at radius 1 is 1.17 bits per heavy atom. The van der Waals surface area contributed by atoms with E-state index in [9.17, 15) is 4.79 Å². The molecule has 1 fully saturated rings. The number of esters is 1. The maximum Gasteiger partial charge on any atom is 0.310 e. The molecule has 0 bridgehead atoms. The van der Waals surface area contributed by atoms with Crippen molar-refractivity contribution >= 4 is 27.6 Å². The van der Waals surface area contributed by atoms with Crippen molar-refractivity contribution < 1.29 is 14.3 Å². The van der Waals surface area contributed by atoms with Gasteiger partial charge in [-0.3, -0.25) is 9.78 Å². The van der Waals surface area contributed by atoms with Crippen molar-refractivity contribution in [2.75, 3.05) is 13.2 Å². The summed E-state index contributed by atoms with van der Waals surface area (Å²) < 4.78 is 11.3. The Bertz CT molecular complexity index is 1540. The highest BCUT2D eigenvalue weighted by molar-refractivity contribution is 6.08. The van der Waals surface area contributed by atoms with E-state index in [4.69, 9.17) is 14.5 Å². The van der Waals surface area contributed by atoms with Crippen molar-refractivity contribution in [3.05, 3.63) is 70.9 Å². The summed E-state index contributed by atoms with van der Waals surface area (Å²) in [5, 5.41) is 3.27. The van der Waals surface area contributed by atoms with Crippen molar-refractivity contribution in [1.29, 1.82) is 0 Å². The van der Waals surface area contributed by atoms with Crippen molar-refractivity contribution in [1.82, 2.24) is 4.98 Å². The third-order valence-corrected chi connectivity index (χ3v) is 6.93. The van der Waals surface area contributed by atoms with E-state index in [0.717, 1.165) is 61.7 Å². The van der Waals surface area contributed by atoms with Gasteiger partial charge in [0, 0.05) is 35.0 Å². The molecule has 174 valence electrons. The summed E-state index contributed by atoms with van der Waals surface area (Å²) in [7, 11) is 0. The van der Waals surface area contributed by atoms with Gasteiger partial charge < -0.3 is 9.47 Å². The summed E-state index contributed by atoms with van der Waals surface area (Å²) in [6.07, 6.45) is 5.38. The Hall–Kier alpha value is -3.84. The zero-order chi connectivity index (χ0) is 23.9. The summed E-state index contributed by atoms with van der Waals surface area (Å²) in [6, 6.07) is 14.8. The van der Waals surface area contributed by atoms with Gasteiger partial charge >= 0.3 is 5.97 Å². The van der Waals surface area contributed by atoms with E-state index < -0.39 is 0 Å². The predicted molar refractivity (Wildman–Crippen MR) is 139 cm³/mol. The molecule has 4 nitrogen and oxygen atoms in total. The molecule has 0 N–H and O–H groups in total. The first-order valence-electron chi connectivity index (χ1n) is 12.4. The van der Waals surface area contributed by atoms with Crippen LogP contribution in [0.5, 0.6) is 5.75 Å². The summed E-state index contributed by atoms with van der Waals surface area (Å²) in [6.45, 7) is 4.95. The molecule has 1 aromatic heterocycles. The molecule has 3 aromatic carbocycles. The number of hydrogen-bond acceptors (Lipinski definition) is 4. The lowest BCUT2D eigenvalue weighted by Crippen LogP contribution is -2.11. The Labute approximate surface area is 205 Å². The standard InChI is InChI=1S/C31H27NO3/c1-3-34-28(33)18-26-19(2)16-23-17-21(7-6-20-4-5-20)8-9-24(23)30(26)25-10-11-27-29-22(13-15-35-27)12-14-32-31(25)29/h8-12,14,16-17,20H,3-5,13,15,18H2,1-2H3. The molecule has 0 spiro atoms. The molecule has 2 heterocycles. The summed E-state index contributed by atoms with van der Waals surface area (Å²) >= 11 is 0. The number of rotatable bonds is 4. The molecule has 4 aromatic rings. The number of carbonyl (C=O) groups excluding carboxylic acids is 1. The van der Waals surface area contributed by atoms with Crippen LogP contribution in [-0.4, -0.2) is 24.2 Å². The smallest absolute Gasteiger partial charge is 0.310 e. The lowest BCUT2D eigenvalue weighted by molar-refractivity contribution is -0.142. The first-order valence-corrected chi connectivity index (χ1v) is 12.4. The van der Waals surface area contributed by atoms with E-state index in [1.807, 2.05) is 19.2 Å². The first-order chi connectivity index (χ1) is 17.1. The molecular weight excluding hydrogens is 434 g/mol. The van der Waals surface area contributed by atoms with Crippen LogP contribution in [0.2, 0.25) is 0 Å². The number of hydrogen-bond donors (Lipinski definition) is 0. The van der Waals surface area contributed by atoms with Gasteiger partial charge in [0.15, 0.2) is 0 Å². The van der Waals surface area contributed by atoms with Crippen LogP contribution in [0.3, 0.4) is 0 Å². The Morgan fingerprint density at radius 3 is 2.89 bits per heavy atom. The fourth-order valence-corrected chi connectivity index (χ4v) is 5.08. The highest BCUT2D eigenvalue weighted by Gasteiger charge is 2.23. The van der Waals surface area contributed by atoms with Gasteiger partial charge in [0.1, 0.15) is 5.75 Å². The molecule has 35 heavy (non-hydrogen) atoms. The van der Waals surface area contributed by atoms with Crippen molar-refractivity contribution in [3.63, 3.8) is 0 Å². The molecule has 0 saturated heterocycles. The minimum Gasteiger partial charge on any atom is -0.493 e. The van der Waals surface area contributed by atoms with E-state index in [1.54, 1.807) is 0 Å². The zero-order valence-electron chi connectivity index (χ0n) is 20.1. The van der Waals surface area contributed by atoms with Crippen LogP contribution in [0, 0.1) is 24.7 Å². The Kier molecular flexibility index (Phi) is 5.41. The average Bonchev–Trinajstić information content (AvgIpc) is 3.69. The third kappa shape index (κ3) is 4.02. The van der Waals surface area contributed by atoms with Gasteiger partial charge in [-0.05, 0) is 90.0 Å². The largest absolute Gasteiger partial charge is 0.493 e. The average molecular weight is 462 g/mol. The van der Waals surface area contributed by atoms with E-state index in [2.05, 4.69) is 55.2 Å². The van der Waals surface area contributed by atoms with Crippen LogP contribution >= 0.6 is 0 Å². The second-order valence-electron chi connectivity index (χ2n) is 9.41. The van der Waals surface area contributed by atoms with Crippen LogP contribution in [0.15, 0.2) is 48.7 Å². The Morgan fingerprint density at radius 2 is 2.06 bits per heavy atom. The van der Waals surface area contributed by atoms with Crippen LogP contribution in [0.4, 0.5) is 0 Å². The fourth-order valence-electron chi connectivity index (χ4n) is 5.08. The predicted octanol–water partition coefficient (Wildman–Crippen LogP) is 6.17. The molecule has 2 aliphatic rings. The van der Waals surface area contributed by atoms with Gasteiger partial charge in [-0.25, -0.2) is 0 Å².